The molecule has 5 heteroatoms. The minimum Gasteiger partial charge on any atom is -0.300 e. The molecule has 3 rings (SSSR count). The Morgan fingerprint density at radius 1 is 1.20 bits per heavy atom. The zero-order valence-electron chi connectivity index (χ0n) is 15.8. The molecule has 0 radical (unpaired) electrons. The number of likely N-dealkylation sites (N-methyl/N-ethyl adjacent to an activating group) is 2. The van der Waals surface area contributed by atoms with Crippen molar-refractivity contribution >= 4 is 13.2 Å². The highest BCUT2D eigenvalue weighted by Crippen LogP contribution is 2.63. The summed E-state index contributed by atoms with van der Waals surface area (Å²) in [5.41, 5.74) is 0. The summed E-state index contributed by atoms with van der Waals surface area (Å²) in [7, 11) is 1.45. The van der Waals surface area contributed by atoms with Crippen LogP contribution in [-0.2, 0) is 9.36 Å². The largest absolute Gasteiger partial charge is 0.300 e. The average Bonchev–Trinajstić information content (AvgIpc) is 3.13. The fourth-order valence-electron chi connectivity index (χ4n) is 5.05. The standard InChI is InChI=1S/C20H33N2O2P/c1-4-5-8-16(17-11-12-18(23)15-17)13-14-25(24)21(2)19-9-6-7-10-20(19)22(25)3/h4,13-14,16-17,19-20H,1,5-12,15H2,2-3H3/b14-13+/t16-,17+,19+,20+/m0/s1. The second-order valence-electron chi connectivity index (χ2n) is 8.07. The molecule has 1 saturated heterocycles. The third kappa shape index (κ3) is 3.72. The molecule has 0 N–H and O–H groups in total. The van der Waals surface area contributed by atoms with Crippen molar-refractivity contribution in [2.45, 2.75) is 69.9 Å². The second-order valence-corrected chi connectivity index (χ2v) is 10.8. The fraction of sp³-hybridized carbons (Fsp3) is 0.750. The summed E-state index contributed by atoms with van der Waals surface area (Å²) in [5, 5.41) is 0. The third-order valence-corrected chi connectivity index (χ3v) is 9.64. The molecule has 4 nitrogen and oxygen atoms in total. The van der Waals surface area contributed by atoms with Crippen LogP contribution in [0.25, 0.3) is 0 Å². The molecule has 0 aromatic rings. The van der Waals surface area contributed by atoms with Crippen LogP contribution in [0.5, 0.6) is 0 Å². The van der Waals surface area contributed by atoms with Crippen molar-refractivity contribution in [3.8, 4) is 0 Å². The van der Waals surface area contributed by atoms with Gasteiger partial charge in [0.15, 0.2) is 0 Å². The van der Waals surface area contributed by atoms with Crippen molar-refractivity contribution in [1.29, 1.82) is 0 Å². The first kappa shape index (κ1) is 19.1. The summed E-state index contributed by atoms with van der Waals surface area (Å²) in [4.78, 5) is 11.7. The molecule has 3 aliphatic rings. The van der Waals surface area contributed by atoms with Crippen LogP contribution in [0, 0.1) is 11.8 Å². The lowest BCUT2D eigenvalue weighted by Gasteiger charge is -2.28. The molecule has 0 aromatic carbocycles. The minimum absolute atomic E-state index is 0.333. The van der Waals surface area contributed by atoms with Gasteiger partial charge in [-0.1, -0.05) is 25.0 Å². The van der Waals surface area contributed by atoms with Gasteiger partial charge in [0.2, 0.25) is 7.44 Å². The fourth-order valence-corrected chi connectivity index (χ4v) is 7.75. The van der Waals surface area contributed by atoms with E-state index in [4.69, 9.17) is 0 Å². The van der Waals surface area contributed by atoms with E-state index in [-0.39, 0.29) is 0 Å². The van der Waals surface area contributed by atoms with Gasteiger partial charge in [0.25, 0.3) is 0 Å². The van der Waals surface area contributed by atoms with Crippen molar-refractivity contribution in [3.63, 3.8) is 0 Å². The van der Waals surface area contributed by atoms with Crippen molar-refractivity contribution < 1.29 is 9.36 Å². The summed E-state index contributed by atoms with van der Waals surface area (Å²) in [6.45, 7) is 3.84. The molecular weight excluding hydrogens is 331 g/mol. The maximum absolute atomic E-state index is 13.8. The molecule has 0 spiro atoms. The number of ketones is 1. The Morgan fingerprint density at radius 2 is 1.84 bits per heavy atom. The monoisotopic (exact) mass is 364 g/mol. The lowest BCUT2D eigenvalue weighted by atomic mass is 9.87. The maximum atomic E-state index is 13.8. The quantitative estimate of drug-likeness (QED) is 0.500. The topological polar surface area (TPSA) is 40.6 Å². The van der Waals surface area contributed by atoms with E-state index >= 15 is 0 Å². The molecule has 0 aromatic heterocycles. The van der Waals surface area contributed by atoms with Crippen LogP contribution in [0.15, 0.2) is 24.5 Å². The highest BCUT2D eigenvalue weighted by molar-refractivity contribution is 7.62. The summed E-state index contributed by atoms with van der Waals surface area (Å²) in [6, 6.07) is 0.850. The van der Waals surface area contributed by atoms with E-state index in [1.807, 2.05) is 26.0 Å². The van der Waals surface area contributed by atoms with Gasteiger partial charge in [-0.05, 0) is 58.0 Å². The number of carbonyl (C=O) groups excluding carboxylic acids is 1. The van der Waals surface area contributed by atoms with Crippen LogP contribution in [0.1, 0.15) is 57.8 Å². The minimum atomic E-state index is -2.62. The first-order valence-corrected chi connectivity index (χ1v) is 11.5. The van der Waals surface area contributed by atoms with Crippen LogP contribution in [0.3, 0.4) is 0 Å². The molecule has 140 valence electrons. The molecule has 4 atom stereocenters. The van der Waals surface area contributed by atoms with Gasteiger partial charge in [-0.3, -0.25) is 9.36 Å². The summed E-state index contributed by atoms with van der Waals surface area (Å²) >= 11 is 0. The van der Waals surface area contributed by atoms with Gasteiger partial charge < -0.3 is 0 Å². The number of allylic oxidation sites excluding steroid dienone is 2. The summed E-state index contributed by atoms with van der Waals surface area (Å²) < 4.78 is 18.1. The van der Waals surface area contributed by atoms with Crippen molar-refractivity contribution in [2.75, 3.05) is 14.1 Å². The van der Waals surface area contributed by atoms with Crippen molar-refractivity contribution in [2.24, 2.45) is 11.8 Å². The van der Waals surface area contributed by atoms with Gasteiger partial charge in [-0.2, -0.15) is 0 Å². The maximum Gasteiger partial charge on any atom is 0.238 e. The van der Waals surface area contributed by atoms with Crippen LogP contribution in [-0.4, -0.2) is 41.3 Å². The number of hydrogen-bond acceptors (Lipinski definition) is 2. The number of Topliss-reactive ketones (excluding diaryl/α,β-unsaturated/α-hetero) is 1. The summed E-state index contributed by atoms with van der Waals surface area (Å²) in [6.07, 6.45) is 13.2. The zero-order chi connectivity index (χ0) is 18.0. The first-order valence-electron chi connectivity index (χ1n) is 9.85. The molecular formula is C20H33N2O2P. The Bertz CT molecular complexity index is 566. The normalized spacial score (nSPS) is 34.5. The Morgan fingerprint density at radius 3 is 2.36 bits per heavy atom. The smallest absolute Gasteiger partial charge is 0.238 e. The van der Waals surface area contributed by atoms with Gasteiger partial charge in [0, 0.05) is 30.7 Å². The molecule has 2 aliphatic carbocycles. The van der Waals surface area contributed by atoms with Crippen molar-refractivity contribution in [1.82, 2.24) is 9.34 Å². The highest BCUT2D eigenvalue weighted by Gasteiger charge is 2.50. The lowest BCUT2D eigenvalue weighted by Crippen LogP contribution is -2.37. The second kappa shape index (κ2) is 7.90. The first-order chi connectivity index (χ1) is 12.0. The van der Waals surface area contributed by atoms with E-state index in [0.717, 1.165) is 32.1 Å². The van der Waals surface area contributed by atoms with Crippen LogP contribution in [0.2, 0.25) is 0 Å². The Labute approximate surface area is 152 Å². The predicted octanol–water partition coefficient (Wildman–Crippen LogP) is 4.83. The molecule has 1 heterocycles. The number of nitrogens with zero attached hydrogens (tertiary/aromatic N) is 2. The molecule has 2 saturated carbocycles. The van der Waals surface area contributed by atoms with Crippen molar-refractivity contribution in [3.05, 3.63) is 24.5 Å². The van der Waals surface area contributed by atoms with Crippen LogP contribution < -0.4 is 0 Å². The molecule has 3 fully saturated rings. The molecule has 0 bridgehead atoms. The molecule has 0 unspecified atom stereocenters. The average molecular weight is 364 g/mol. The van der Waals surface area contributed by atoms with E-state index < -0.39 is 7.44 Å². The molecule has 0 amide bonds. The number of hydrogen-bond donors (Lipinski definition) is 0. The van der Waals surface area contributed by atoms with Gasteiger partial charge in [0.05, 0.1) is 0 Å². The Hall–Kier alpha value is -0.700. The van der Waals surface area contributed by atoms with E-state index in [2.05, 4.69) is 22.0 Å². The molecule has 1 aliphatic heterocycles. The van der Waals surface area contributed by atoms with Crippen LogP contribution in [0.4, 0.5) is 0 Å². The van der Waals surface area contributed by atoms with Crippen LogP contribution >= 0.6 is 7.44 Å². The van der Waals surface area contributed by atoms with Gasteiger partial charge >= 0.3 is 0 Å². The van der Waals surface area contributed by atoms with E-state index in [1.54, 1.807) is 0 Å². The predicted molar refractivity (Wildman–Crippen MR) is 104 cm³/mol. The number of rotatable bonds is 6. The van der Waals surface area contributed by atoms with E-state index in [9.17, 15) is 9.36 Å². The zero-order valence-corrected chi connectivity index (χ0v) is 16.7. The molecule has 25 heavy (non-hydrogen) atoms. The lowest BCUT2D eigenvalue weighted by molar-refractivity contribution is -0.117. The number of fused-ring (bicyclic) bond motifs is 1. The third-order valence-electron chi connectivity index (χ3n) is 6.68. The van der Waals surface area contributed by atoms with Gasteiger partial charge in [-0.25, -0.2) is 9.34 Å². The SMILES string of the molecule is C=CCC[C@@H](/C=C/P1(=O)N(C)[C@@H]2CCCC[C@H]2N1C)[C@@H]1CCC(=O)C1. The summed E-state index contributed by atoms with van der Waals surface area (Å²) in [5.74, 6) is 3.13. The van der Waals surface area contributed by atoms with Gasteiger partial charge in [0.1, 0.15) is 5.78 Å². The van der Waals surface area contributed by atoms with E-state index in [1.165, 1.54) is 12.8 Å². The van der Waals surface area contributed by atoms with Gasteiger partial charge in [-0.15, -0.1) is 6.58 Å². The highest BCUT2D eigenvalue weighted by atomic mass is 31.2. The number of carbonyl (C=O) groups is 1. The Kier molecular flexibility index (Phi) is 6.03. The van der Waals surface area contributed by atoms with E-state index in [0.29, 0.717) is 42.5 Å². The Balaban J connectivity index is 1.77.